The van der Waals surface area contributed by atoms with Crippen LogP contribution < -0.4 is 4.90 Å². The Labute approximate surface area is 173 Å². The van der Waals surface area contributed by atoms with Gasteiger partial charge in [0.2, 0.25) is 5.91 Å². The molecule has 154 valence electrons. The molecule has 2 saturated heterocycles. The van der Waals surface area contributed by atoms with E-state index in [1.807, 2.05) is 49.4 Å². The molecule has 0 spiro atoms. The standard InChI is InChI=1S/C23H28N2O3S/c1-16(2)18-8-10-20(11-9-18)25-22-15-29(27,28)14-21(22)24(13-23(25)26)12-19-7-5-4-6-17(19)3/h4-11,16,21-22H,12-15H2,1-3H3/t21-,22+/m0/s1. The molecular formula is C23H28N2O3S. The van der Waals surface area contributed by atoms with Gasteiger partial charge in [0.05, 0.1) is 24.1 Å². The van der Waals surface area contributed by atoms with Gasteiger partial charge in [-0.2, -0.15) is 0 Å². The fraction of sp³-hybridized carbons (Fsp3) is 0.435. The highest BCUT2D eigenvalue weighted by atomic mass is 32.2. The Morgan fingerprint density at radius 2 is 1.66 bits per heavy atom. The molecule has 2 aliphatic heterocycles. The van der Waals surface area contributed by atoms with Crippen LogP contribution in [0.3, 0.4) is 0 Å². The van der Waals surface area contributed by atoms with Crippen LogP contribution in [0.1, 0.15) is 36.5 Å². The molecule has 0 radical (unpaired) electrons. The number of hydrogen-bond acceptors (Lipinski definition) is 4. The van der Waals surface area contributed by atoms with E-state index in [9.17, 15) is 13.2 Å². The van der Waals surface area contributed by atoms with Crippen LogP contribution in [0.15, 0.2) is 48.5 Å². The van der Waals surface area contributed by atoms with Crippen molar-refractivity contribution in [2.75, 3.05) is 23.0 Å². The number of fused-ring (bicyclic) bond motifs is 1. The first-order valence-corrected chi connectivity index (χ1v) is 12.0. The van der Waals surface area contributed by atoms with Gasteiger partial charge in [-0.15, -0.1) is 0 Å². The van der Waals surface area contributed by atoms with E-state index in [4.69, 9.17) is 0 Å². The van der Waals surface area contributed by atoms with Gasteiger partial charge >= 0.3 is 0 Å². The van der Waals surface area contributed by atoms with Crippen LogP contribution in [0.2, 0.25) is 0 Å². The van der Waals surface area contributed by atoms with Gasteiger partial charge in [-0.1, -0.05) is 50.2 Å². The monoisotopic (exact) mass is 412 g/mol. The topological polar surface area (TPSA) is 57.7 Å². The molecule has 2 fully saturated rings. The minimum atomic E-state index is -3.19. The summed E-state index contributed by atoms with van der Waals surface area (Å²) in [5, 5.41) is 0. The molecule has 0 unspecified atom stereocenters. The molecule has 0 bridgehead atoms. The lowest BCUT2D eigenvalue weighted by Gasteiger charge is -2.43. The van der Waals surface area contributed by atoms with Crippen LogP contribution in [0, 0.1) is 6.92 Å². The molecule has 0 aliphatic carbocycles. The van der Waals surface area contributed by atoms with Crippen LogP contribution in [0.5, 0.6) is 0 Å². The van der Waals surface area contributed by atoms with E-state index in [0.29, 0.717) is 12.5 Å². The highest BCUT2D eigenvalue weighted by Crippen LogP contribution is 2.33. The molecule has 4 rings (SSSR count). The number of carbonyl (C=O) groups excluding carboxylic acids is 1. The van der Waals surface area contributed by atoms with Crippen molar-refractivity contribution in [3.8, 4) is 0 Å². The van der Waals surface area contributed by atoms with Crippen molar-refractivity contribution in [2.45, 2.75) is 45.3 Å². The van der Waals surface area contributed by atoms with Gasteiger partial charge in [-0.25, -0.2) is 8.42 Å². The lowest BCUT2D eigenvalue weighted by Crippen LogP contribution is -2.61. The number of amides is 1. The maximum atomic E-state index is 13.1. The number of anilines is 1. The fourth-order valence-corrected chi connectivity index (χ4v) is 6.47. The second-order valence-electron chi connectivity index (χ2n) is 8.55. The number of nitrogens with zero attached hydrogens (tertiary/aromatic N) is 2. The third kappa shape index (κ3) is 3.96. The molecule has 6 heteroatoms. The van der Waals surface area contributed by atoms with Crippen molar-refractivity contribution in [2.24, 2.45) is 0 Å². The summed E-state index contributed by atoms with van der Waals surface area (Å²) in [4.78, 5) is 16.9. The zero-order valence-electron chi connectivity index (χ0n) is 17.2. The first-order chi connectivity index (χ1) is 13.7. The van der Waals surface area contributed by atoms with E-state index in [1.54, 1.807) is 4.90 Å². The fourth-order valence-electron chi connectivity index (χ4n) is 4.49. The number of piperazine rings is 1. The summed E-state index contributed by atoms with van der Waals surface area (Å²) in [5.41, 5.74) is 4.29. The molecule has 0 saturated carbocycles. The quantitative estimate of drug-likeness (QED) is 0.774. The Kier molecular flexibility index (Phi) is 5.25. The summed E-state index contributed by atoms with van der Waals surface area (Å²) in [5.74, 6) is 0.511. The molecule has 2 aromatic rings. The predicted octanol–water partition coefficient (Wildman–Crippen LogP) is 3.13. The predicted molar refractivity (Wildman–Crippen MR) is 116 cm³/mol. The molecule has 2 aromatic carbocycles. The van der Waals surface area contributed by atoms with Crippen LogP contribution in [-0.2, 0) is 21.2 Å². The van der Waals surface area contributed by atoms with Crippen molar-refractivity contribution in [3.05, 3.63) is 65.2 Å². The van der Waals surface area contributed by atoms with Gasteiger partial charge in [0, 0.05) is 18.3 Å². The van der Waals surface area contributed by atoms with Crippen molar-refractivity contribution in [1.29, 1.82) is 0 Å². The molecule has 29 heavy (non-hydrogen) atoms. The van der Waals surface area contributed by atoms with Crippen LogP contribution in [-0.4, -0.2) is 49.4 Å². The third-order valence-corrected chi connectivity index (χ3v) is 7.87. The van der Waals surface area contributed by atoms with E-state index >= 15 is 0 Å². The molecule has 1 amide bonds. The summed E-state index contributed by atoms with van der Waals surface area (Å²) >= 11 is 0. The number of benzene rings is 2. The van der Waals surface area contributed by atoms with Crippen molar-refractivity contribution in [1.82, 2.24) is 4.90 Å². The number of rotatable bonds is 4. The maximum Gasteiger partial charge on any atom is 0.241 e. The zero-order chi connectivity index (χ0) is 20.8. The minimum Gasteiger partial charge on any atom is -0.306 e. The highest BCUT2D eigenvalue weighted by molar-refractivity contribution is 7.91. The molecule has 0 aromatic heterocycles. The molecule has 0 N–H and O–H groups in total. The summed E-state index contributed by atoms with van der Waals surface area (Å²) in [6.07, 6.45) is 0. The van der Waals surface area contributed by atoms with E-state index < -0.39 is 9.84 Å². The van der Waals surface area contributed by atoms with Crippen molar-refractivity contribution < 1.29 is 13.2 Å². The Morgan fingerprint density at radius 1 is 1.00 bits per heavy atom. The van der Waals surface area contributed by atoms with E-state index in [2.05, 4.69) is 24.8 Å². The second-order valence-corrected chi connectivity index (χ2v) is 10.7. The van der Waals surface area contributed by atoms with Gasteiger partial charge < -0.3 is 4.90 Å². The number of sulfone groups is 1. The Morgan fingerprint density at radius 3 is 2.31 bits per heavy atom. The first kappa shape index (κ1) is 20.1. The Hall–Kier alpha value is -2.18. The lowest BCUT2D eigenvalue weighted by molar-refractivity contribution is -0.123. The van der Waals surface area contributed by atoms with Crippen LogP contribution in [0.4, 0.5) is 5.69 Å². The van der Waals surface area contributed by atoms with Gasteiger partial charge in [-0.3, -0.25) is 9.69 Å². The van der Waals surface area contributed by atoms with Crippen molar-refractivity contribution in [3.63, 3.8) is 0 Å². The minimum absolute atomic E-state index is 0.0274. The Bertz CT molecular complexity index is 1010. The maximum absolute atomic E-state index is 13.1. The summed E-state index contributed by atoms with van der Waals surface area (Å²) < 4.78 is 25.0. The normalized spacial score (nSPS) is 24.1. The third-order valence-electron chi connectivity index (χ3n) is 6.17. The second kappa shape index (κ2) is 7.58. The Balaban J connectivity index is 1.65. The number of carbonyl (C=O) groups is 1. The molecule has 2 heterocycles. The molecule has 2 aliphatic rings. The van der Waals surface area contributed by atoms with Gasteiger partial charge in [0.25, 0.3) is 0 Å². The molecular weight excluding hydrogens is 384 g/mol. The van der Waals surface area contributed by atoms with E-state index in [0.717, 1.165) is 16.8 Å². The van der Waals surface area contributed by atoms with Crippen LogP contribution in [0.25, 0.3) is 0 Å². The van der Waals surface area contributed by atoms with E-state index in [-0.39, 0.29) is 36.0 Å². The van der Waals surface area contributed by atoms with Gasteiger partial charge in [0.1, 0.15) is 0 Å². The highest BCUT2D eigenvalue weighted by Gasteiger charge is 2.49. The van der Waals surface area contributed by atoms with Crippen molar-refractivity contribution >= 4 is 21.4 Å². The largest absolute Gasteiger partial charge is 0.306 e. The van der Waals surface area contributed by atoms with Gasteiger partial charge in [-0.05, 0) is 41.7 Å². The summed E-state index contributed by atoms with van der Waals surface area (Å²) in [6, 6.07) is 15.5. The SMILES string of the molecule is Cc1ccccc1CN1CC(=O)N(c2ccc(C(C)C)cc2)[C@@H]2CS(=O)(=O)C[C@@H]21. The average molecular weight is 413 g/mol. The molecule has 5 nitrogen and oxygen atoms in total. The van der Waals surface area contributed by atoms with Gasteiger partial charge in [0.15, 0.2) is 9.84 Å². The van der Waals surface area contributed by atoms with E-state index in [1.165, 1.54) is 5.56 Å². The summed E-state index contributed by atoms with van der Waals surface area (Å²) in [7, 11) is -3.19. The summed E-state index contributed by atoms with van der Waals surface area (Å²) in [6.45, 7) is 7.13. The lowest BCUT2D eigenvalue weighted by atomic mass is 9.99. The number of aryl methyl sites for hydroxylation is 1. The first-order valence-electron chi connectivity index (χ1n) is 10.2. The smallest absolute Gasteiger partial charge is 0.241 e. The average Bonchev–Trinajstić information content (AvgIpc) is 2.99. The molecule has 2 atom stereocenters. The zero-order valence-corrected chi connectivity index (χ0v) is 18.0. The van der Waals surface area contributed by atoms with Crippen LogP contribution >= 0.6 is 0 Å². The number of hydrogen-bond donors (Lipinski definition) is 0.